The Balaban J connectivity index is 1.91. The number of allylic oxidation sites excluding steroid dienone is 1. The van der Waals surface area contributed by atoms with Crippen LogP contribution in [0.2, 0.25) is 0 Å². The number of benzene rings is 1. The molecule has 30 heavy (non-hydrogen) atoms. The zero-order valence-electron chi connectivity index (χ0n) is 17.4. The highest BCUT2D eigenvalue weighted by atomic mass is 16.3. The van der Waals surface area contributed by atoms with E-state index in [-0.39, 0.29) is 18.4 Å². The van der Waals surface area contributed by atoms with Crippen molar-refractivity contribution in [2.45, 2.75) is 19.8 Å². The number of likely N-dealkylation sites (N-methyl/N-ethyl adjacent to an activating group) is 2. The molecule has 1 atom stereocenters. The number of carbonyl (C=O) groups excluding carboxylic acids is 2. The Bertz CT molecular complexity index is 1130. The van der Waals surface area contributed by atoms with Crippen LogP contribution in [-0.4, -0.2) is 42.3 Å². The Labute approximate surface area is 175 Å². The molecule has 1 aromatic carbocycles. The first-order valence-corrected chi connectivity index (χ1v) is 10.1. The number of furan rings is 1. The highest BCUT2D eigenvalue weighted by molar-refractivity contribution is 6.09. The smallest absolute Gasteiger partial charge is 0.255 e. The van der Waals surface area contributed by atoms with Crippen molar-refractivity contribution in [3.63, 3.8) is 0 Å². The zero-order chi connectivity index (χ0) is 21.3. The van der Waals surface area contributed by atoms with Gasteiger partial charge in [0.15, 0.2) is 0 Å². The van der Waals surface area contributed by atoms with Crippen molar-refractivity contribution in [2.75, 3.05) is 20.6 Å². The third kappa shape index (κ3) is 3.73. The Kier molecular flexibility index (Phi) is 5.40. The monoisotopic (exact) mass is 403 g/mol. The van der Waals surface area contributed by atoms with Gasteiger partial charge in [-0.15, -0.1) is 0 Å². The number of hydrogen-bond acceptors (Lipinski definition) is 4. The van der Waals surface area contributed by atoms with Crippen molar-refractivity contribution in [3.05, 3.63) is 65.2 Å². The first-order valence-electron chi connectivity index (χ1n) is 10.1. The minimum Gasteiger partial charge on any atom is -0.465 e. The summed E-state index contributed by atoms with van der Waals surface area (Å²) in [5.74, 6) is 0.756. The fourth-order valence-electron chi connectivity index (χ4n) is 4.08. The maximum Gasteiger partial charge on any atom is 0.255 e. The van der Waals surface area contributed by atoms with Crippen LogP contribution in [-0.2, 0) is 11.2 Å². The van der Waals surface area contributed by atoms with Gasteiger partial charge in [-0.3, -0.25) is 9.59 Å². The van der Waals surface area contributed by atoms with E-state index in [4.69, 9.17) is 9.40 Å². The molecule has 0 spiro atoms. The van der Waals surface area contributed by atoms with Crippen LogP contribution < -0.4 is 5.32 Å². The van der Waals surface area contributed by atoms with Crippen LogP contribution in [0.3, 0.4) is 0 Å². The lowest BCUT2D eigenvalue weighted by Gasteiger charge is -2.28. The zero-order valence-corrected chi connectivity index (χ0v) is 17.4. The van der Waals surface area contributed by atoms with Crippen LogP contribution in [0.1, 0.15) is 40.7 Å². The third-order valence-electron chi connectivity index (χ3n) is 5.50. The molecule has 3 aromatic rings. The van der Waals surface area contributed by atoms with Gasteiger partial charge in [-0.25, -0.2) is 4.98 Å². The summed E-state index contributed by atoms with van der Waals surface area (Å²) >= 11 is 0. The molecule has 2 aromatic heterocycles. The second-order valence-corrected chi connectivity index (χ2v) is 7.86. The molecule has 6 heteroatoms. The fourth-order valence-corrected chi connectivity index (χ4v) is 4.08. The van der Waals surface area contributed by atoms with E-state index in [0.717, 1.165) is 46.3 Å². The first kappa shape index (κ1) is 19.9. The number of pyridine rings is 1. The van der Waals surface area contributed by atoms with Gasteiger partial charge in [0.05, 0.1) is 29.6 Å². The van der Waals surface area contributed by atoms with E-state index in [0.29, 0.717) is 11.5 Å². The molecule has 4 rings (SSSR count). The van der Waals surface area contributed by atoms with Crippen LogP contribution in [0.25, 0.3) is 22.6 Å². The minimum atomic E-state index is -0.204. The number of amides is 2. The van der Waals surface area contributed by atoms with Crippen molar-refractivity contribution in [1.82, 2.24) is 15.2 Å². The SMILES string of the molecule is CNC(=O)CN(C)C(=O)c1c2c(nc3ccccc13)/C(=C\c1ccco1)CC(C)C2. The maximum atomic E-state index is 13.5. The van der Waals surface area contributed by atoms with E-state index in [1.54, 1.807) is 20.4 Å². The minimum absolute atomic E-state index is 0.00536. The van der Waals surface area contributed by atoms with E-state index in [1.165, 1.54) is 4.90 Å². The molecule has 0 aliphatic heterocycles. The molecule has 154 valence electrons. The van der Waals surface area contributed by atoms with Crippen molar-refractivity contribution < 1.29 is 14.0 Å². The van der Waals surface area contributed by atoms with Crippen molar-refractivity contribution >= 4 is 34.4 Å². The van der Waals surface area contributed by atoms with Crippen LogP contribution in [0.15, 0.2) is 47.1 Å². The van der Waals surface area contributed by atoms with Gasteiger partial charge in [0.1, 0.15) is 5.76 Å². The average molecular weight is 403 g/mol. The normalized spacial score (nSPS) is 17.0. The van der Waals surface area contributed by atoms with E-state index in [2.05, 4.69) is 12.2 Å². The number of carbonyl (C=O) groups is 2. The predicted molar refractivity (Wildman–Crippen MR) is 117 cm³/mol. The summed E-state index contributed by atoms with van der Waals surface area (Å²) in [4.78, 5) is 31.7. The summed E-state index contributed by atoms with van der Waals surface area (Å²) in [6, 6.07) is 11.5. The molecule has 1 N–H and O–H groups in total. The van der Waals surface area contributed by atoms with Gasteiger partial charge in [-0.1, -0.05) is 25.1 Å². The van der Waals surface area contributed by atoms with Crippen molar-refractivity contribution in [1.29, 1.82) is 0 Å². The quantitative estimate of drug-likeness (QED) is 0.720. The Morgan fingerprint density at radius 2 is 2.03 bits per heavy atom. The number of fused-ring (bicyclic) bond motifs is 2. The Morgan fingerprint density at radius 1 is 1.23 bits per heavy atom. The molecular weight excluding hydrogens is 378 g/mol. The molecule has 2 amide bonds. The van der Waals surface area contributed by atoms with E-state index < -0.39 is 0 Å². The van der Waals surface area contributed by atoms with E-state index in [1.807, 2.05) is 42.5 Å². The molecule has 0 bridgehead atoms. The van der Waals surface area contributed by atoms with Gasteiger partial charge in [0.25, 0.3) is 5.91 Å². The number of hydrogen-bond donors (Lipinski definition) is 1. The van der Waals surface area contributed by atoms with E-state index >= 15 is 0 Å². The summed E-state index contributed by atoms with van der Waals surface area (Å²) in [5, 5.41) is 3.39. The molecule has 2 heterocycles. The van der Waals surface area contributed by atoms with Crippen LogP contribution in [0.4, 0.5) is 0 Å². The lowest BCUT2D eigenvalue weighted by Crippen LogP contribution is -2.37. The third-order valence-corrected chi connectivity index (χ3v) is 5.50. The number of aromatic nitrogens is 1. The van der Waals surface area contributed by atoms with Gasteiger partial charge in [-0.2, -0.15) is 0 Å². The number of nitrogens with one attached hydrogen (secondary N) is 1. The molecule has 0 radical (unpaired) electrons. The first-order chi connectivity index (χ1) is 14.5. The van der Waals surface area contributed by atoms with Crippen molar-refractivity contribution in [2.24, 2.45) is 5.92 Å². The molecular formula is C24H25N3O3. The van der Waals surface area contributed by atoms with Crippen LogP contribution in [0.5, 0.6) is 0 Å². The standard InChI is InChI=1S/C24H25N3O3/c1-15-11-16(13-17-7-6-10-30-17)23-19(12-15)22(18-8-4-5-9-20(18)26-23)24(29)27(3)14-21(28)25-2/h4-10,13,15H,11-12,14H2,1-3H3,(H,25,28)/b16-13-. The molecule has 0 saturated carbocycles. The lowest BCUT2D eigenvalue weighted by atomic mass is 9.80. The predicted octanol–water partition coefficient (Wildman–Crippen LogP) is 3.77. The largest absolute Gasteiger partial charge is 0.465 e. The fraction of sp³-hybridized carbons (Fsp3) is 0.292. The summed E-state index contributed by atoms with van der Waals surface area (Å²) in [6.45, 7) is 2.18. The highest BCUT2D eigenvalue weighted by Crippen LogP contribution is 2.38. The maximum absolute atomic E-state index is 13.5. The number of rotatable bonds is 4. The van der Waals surface area contributed by atoms with Gasteiger partial charge < -0.3 is 14.6 Å². The van der Waals surface area contributed by atoms with E-state index in [9.17, 15) is 9.59 Å². The second kappa shape index (κ2) is 8.14. The topological polar surface area (TPSA) is 75.4 Å². The molecule has 1 aliphatic rings. The van der Waals surface area contributed by atoms with Crippen LogP contribution in [0, 0.1) is 5.92 Å². The summed E-state index contributed by atoms with van der Waals surface area (Å²) in [7, 11) is 3.22. The molecule has 1 unspecified atom stereocenters. The average Bonchev–Trinajstić information content (AvgIpc) is 3.24. The molecule has 1 aliphatic carbocycles. The van der Waals surface area contributed by atoms with Gasteiger partial charge in [-0.05, 0) is 54.2 Å². The lowest BCUT2D eigenvalue weighted by molar-refractivity contribution is -0.121. The molecule has 0 fully saturated rings. The van der Waals surface area contributed by atoms with Crippen molar-refractivity contribution in [3.8, 4) is 0 Å². The summed E-state index contributed by atoms with van der Waals surface area (Å²) in [6.07, 6.45) is 5.28. The summed E-state index contributed by atoms with van der Waals surface area (Å²) in [5.41, 5.74) is 4.26. The number of nitrogens with zero attached hydrogens (tertiary/aromatic N) is 2. The number of para-hydroxylation sites is 1. The van der Waals surface area contributed by atoms with Gasteiger partial charge >= 0.3 is 0 Å². The second-order valence-electron chi connectivity index (χ2n) is 7.86. The summed E-state index contributed by atoms with van der Waals surface area (Å²) < 4.78 is 5.52. The highest BCUT2D eigenvalue weighted by Gasteiger charge is 2.29. The Hall–Kier alpha value is -3.41. The van der Waals surface area contributed by atoms with Gasteiger partial charge in [0, 0.05) is 19.5 Å². The Morgan fingerprint density at radius 3 is 2.77 bits per heavy atom. The van der Waals surface area contributed by atoms with Gasteiger partial charge in [0.2, 0.25) is 5.91 Å². The molecule has 0 saturated heterocycles. The van der Waals surface area contributed by atoms with Crippen LogP contribution >= 0.6 is 0 Å². The molecule has 6 nitrogen and oxygen atoms in total.